The summed E-state index contributed by atoms with van der Waals surface area (Å²) in [5.41, 5.74) is 13.7. The third kappa shape index (κ3) is 10.1. The molecule has 220 valence electrons. The molecule has 0 heterocycles. The predicted octanol–water partition coefficient (Wildman–Crippen LogP) is 5.38. The minimum absolute atomic E-state index is 0.114. The van der Waals surface area contributed by atoms with E-state index in [4.69, 9.17) is 16.7 Å². The minimum atomic E-state index is -0.710. The molecule has 0 spiro atoms. The second-order valence-electron chi connectivity index (χ2n) is 9.75. The Labute approximate surface area is 246 Å². The number of hydrogen-bond donors (Lipinski definition) is 5. The van der Waals surface area contributed by atoms with Crippen LogP contribution in [0.5, 0.6) is 0 Å². The number of carbonyl (C=O) groups excluding carboxylic acids is 1. The monoisotopic (exact) mass is 583 g/mol. The van der Waals surface area contributed by atoms with Crippen molar-refractivity contribution in [1.82, 2.24) is 5.32 Å². The number of nitriles is 1. The van der Waals surface area contributed by atoms with Gasteiger partial charge in [-0.05, 0) is 67.5 Å². The van der Waals surface area contributed by atoms with E-state index in [2.05, 4.69) is 22.9 Å². The van der Waals surface area contributed by atoms with Crippen molar-refractivity contribution in [2.24, 2.45) is 10.7 Å². The number of nitrogens with zero attached hydrogens (tertiary/aromatic N) is 2. The fraction of sp³-hybridized carbons (Fsp3) is 0.387. The molecule has 0 fully saturated rings. The molecule has 0 saturated carbocycles. The van der Waals surface area contributed by atoms with Crippen LogP contribution in [0.3, 0.4) is 0 Å². The van der Waals surface area contributed by atoms with Crippen LogP contribution in [0.1, 0.15) is 74.6 Å². The molecule has 10 heteroatoms. The highest BCUT2D eigenvalue weighted by Gasteiger charge is 2.17. The highest BCUT2D eigenvalue weighted by atomic mass is 32.1. The molecule has 3 unspecified atom stereocenters. The third-order valence-corrected chi connectivity index (χ3v) is 7.12. The molecule has 1 amide bonds. The van der Waals surface area contributed by atoms with Gasteiger partial charge in [-0.1, -0.05) is 38.5 Å². The van der Waals surface area contributed by atoms with Gasteiger partial charge < -0.3 is 21.9 Å². The van der Waals surface area contributed by atoms with E-state index in [0.29, 0.717) is 61.8 Å². The maximum Gasteiger partial charge on any atom is 0.207 e. The van der Waals surface area contributed by atoms with E-state index in [1.54, 1.807) is 24.3 Å². The third-order valence-electron chi connectivity index (χ3n) is 6.64. The van der Waals surface area contributed by atoms with Crippen molar-refractivity contribution < 1.29 is 18.7 Å². The number of allylic oxidation sites excluding steroid dienone is 2. The van der Waals surface area contributed by atoms with Crippen LogP contribution in [-0.4, -0.2) is 42.5 Å². The highest BCUT2D eigenvalue weighted by molar-refractivity contribution is 7.90. The number of aliphatic imine (C=N–C) groups is 1. The molecule has 2 aromatic rings. The molecular weight excluding hydrogens is 544 g/mol. The Kier molecular flexibility index (Phi) is 14.2. The first-order valence-electron chi connectivity index (χ1n) is 13.7. The van der Waals surface area contributed by atoms with Gasteiger partial charge in [0, 0.05) is 40.5 Å². The number of hydrogen-bond acceptors (Lipinski definition) is 7. The largest absolute Gasteiger partial charge is 0.398 e. The summed E-state index contributed by atoms with van der Waals surface area (Å²) < 4.78 is 29.8. The van der Waals surface area contributed by atoms with Crippen LogP contribution in [0.15, 0.2) is 47.5 Å². The number of amides is 1. The molecule has 2 aromatic carbocycles. The van der Waals surface area contributed by atoms with E-state index >= 15 is 4.39 Å². The molecule has 7 nitrogen and oxygen atoms in total. The number of anilines is 1. The Morgan fingerprint density at radius 1 is 1.22 bits per heavy atom. The SMILES string of the molecule is CCCC(O)C(CC)N=Cc1cc(/C(S)=C(/C=C/CC(N)CCCNC=O)c2ccc(C#N)c(F)c2)c(F)cc1N. The molecular formula is C31H39F2N5O2S. The number of carbonyl (C=O) groups is 1. The molecule has 0 radical (unpaired) electrons. The zero-order valence-corrected chi connectivity index (χ0v) is 24.4. The van der Waals surface area contributed by atoms with Crippen LogP contribution in [0.2, 0.25) is 0 Å². The van der Waals surface area contributed by atoms with Crippen LogP contribution in [0.25, 0.3) is 10.5 Å². The van der Waals surface area contributed by atoms with Gasteiger partial charge >= 0.3 is 0 Å². The van der Waals surface area contributed by atoms with Gasteiger partial charge in [-0.25, -0.2) is 8.78 Å². The number of halogens is 2. The molecule has 0 aliphatic heterocycles. The number of thiol groups is 1. The van der Waals surface area contributed by atoms with Gasteiger partial charge in [0.2, 0.25) is 6.41 Å². The number of nitrogen functional groups attached to an aromatic ring is 1. The van der Waals surface area contributed by atoms with Crippen molar-refractivity contribution in [2.45, 2.75) is 70.6 Å². The quantitative estimate of drug-likeness (QED) is 0.0344. The summed E-state index contributed by atoms with van der Waals surface area (Å²) in [5.74, 6) is -1.33. The summed E-state index contributed by atoms with van der Waals surface area (Å²) in [7, 11) is 0. The first kappa shape index (κ1) is 33.7. The van der Waals surface area contributed by atoms with E-state index in [-0.39, 0.29) is 33.8 Å². The Morgan fingerprint density at radius 2 is 1.98 bits per heavy atom. The van der Waals surface area contributed by atoms with Gasteiger partial charge in [-0.3, -0.25) is 9.79 Å². The predicted molar refractivity (Wildman–Crippen MR) is 165 cm³/mol. The first-order valence-corrected chi connectivity index (χ1v) is 14.1. The van der Waals surface area contributed by atoms with Gasteiger partial charge in [-0.15, -0.1) is 12.6 Å². The molecule has 0 aromatic heterocycles. The van der Waals surface area contributed by atoms with Crippen LogP contribution in [0.4, 0.5) is 14.5 Å². The topological polar surface area (TPSA) is 138 Å². The summed E-state index contributed by atoms with van der Waals surface area (Å²) in [6.07, 6.45) is 8.98. The summed E-state index contributed by atoms with van der Waals surface area (Å²) in [6.45, 7) is 4.44. The number of benzene rings is 2. The lowest BCUT2D eigenvalue weighted by Crippen LogP contribution is -2.23. The average Bonchev–Trinajstić information content (AvgIpc) is 2.94. The smallest absolute Gasteiger partial charge is 0.207 e. The molecule has 2 rings (SSSR count). The molecule has 0 aliphatic rings. The van der Waals surface area contributed by atoms with Crippen molar-refractivity contribution in [3.8, 4) is 6.07 Å². The lowest BCUT2D eigenvalue weighted by molar-refractivity contribution is -0.109. The second kappa shape index (κ2) is 17.3. The number of aliphatic hydroxyl groups excluding tert-OH is 1. The van der Waals surface area contributed by atoms with E-state index < -0.39 is 17.7 Å². The van der Waals surface area contributed by atoms with Gasteiger partial charge in [0.15, 0.2) is 0 Å². The fourth-order valence-electron chi connectivity index (χ4n) is 4.27. The lowest BCUT2D eigenvalue weighted by atomic mass is 9.98. The average molecular weight is 584 g/mol. The Morgan fingerprint density at radius 3 is 2.61 bits per heavy atom. The van der Waals surface area contributed by atoms with Crippen molar-refractivity contribution in [3.63, 3.8) is 0 Å². The number of nitrogens with two attached hydrogens (primary N) is 2. The van der Waals surface area contributed by atoms with Crippen LogP contribution < -0.4 is 16.8 Å². The van der Waals surface area contributed by atoms with Crippen LogP contribution >= 0.6 is 12.6 Å². The molecule has 0 aliphatic carbocycles. The van der Waals surface area contributed by atoms with E-state index in [1.165, 1.54) is 30.5 Å². The summed E-state index contributed by atoms with van der Waals surface area (Å²) >= 11 is 4.66. The van der Waals surface area contributed by atoms with E-state index in [9.17, 15) is 14.3 Å². The summed E-state index contributed by atoms with van der Waals surface area (Å²) in [6, 6.07) is 8.12. The van der Waals surface area contributed by atoms with Crippen LogP contribution in [0, 0.1) is 23.0 Å². The standard InChI is InChI=1S/C31H39F2N5O2S/c1-3-7-30(40)29(4-2)38-18-22-14-25(27(33)16-28(22)36)31(41)24(20-11-12-21(17-34)26(32)15-20)10-5-8-23(35)9-6-13-37-19-39/h5,10-12,14-16,18-19,23,29-30,40-41H,3-4,6-9,13,35-36H2,1-2H3,(H,37,39)/b10-5+,31-24+,38-18?. The Balaban J connectivity index is 2.52. The van der Waals surface area contributed by atoms with E-state index in [1.807, 2.05) is 13.8 Å². The van der Waals surface area contributed by atoms with Gasteiger partial charge in [0.05, 0.1) is 17.7 Å². The van der Waals surface area contributed by atoms with Crippen LogP contribution in [-0.2, 0) is 4.79 Å². The summed E-state index contributed by atoms with van der Waals surface area (Å²) in [5, 5.41) is 22.1. The molecule has 3 atom stereocenters. The molecule has 0 saturated heterocycles. The van der Waals surface area contributed by atoms with Gasteiger partial charge in [0.1, 0.15) is 17.7 Å². The second-order valence-corrected chi connectivity index (χ2v) is 10.2. The lowest BCUT2D eigenvalue weighted by Gasteiger charge is -2.17. The first-order chi connectivity index (χ1) is 19.7. The minimum Gasteiger partial charge on any atom is -0.398 e. The van der Waals surface area contributed by atoms with E-state index in [0.717, 1.165) is 6.42 Å². The van der Waals surface area contributed by atoms with Crippen molar-refractivity contribution in [2.75, 3.05) is 12.3 Å². The Hall–Kier alpha value is -3.52. The fourth-order valence-corrected chi connectivity index (χ4v) is 4.65. The van der Waals surface area contributed by atoms with Crippen molar-refractivity contribution in [1.29, 1.82) is 5.26 Å². The zero-order valence-electron chi connectivity index (χ0n) is 23.5. The van der Waals surface area contributed by atoms with Gasteiger partial charge in [-0.2, -0.15) is 5.26 Å². The maximum absolute atomic E-state index is 15.3. The highest BCUT2D eigenvalue weighted by Crippen LogP contribution is 2.34. The van der Waals surface area contributed by atoms with Crippen molar-refractivity contribution >= 4 is 41.4 Å². The maximum atomic E-state index is 15.3. The molecule has 41 heavy (non-hydrogen) atoms. The summed E-state index contributed by atoms with van der Waals surface area (Å²) in [4.78, 5) is 15.1. The number of aliphatic hydroxyl groups is 1. The Bertz CT molecular complexity index is 1310. The molecule has 0 bridgehead atoms. The zero-order chi connectivity index (χ0) is 30.4. The van der Waals surface area contributed by atoms with Crippen molar-refractivity contribution in [3.05, 3.63) is 76.4 Å². The molecule has 6 N–H and O–H groups in total. The number of rotatable bonds is 16. The normalized spacial score (nSPS) is 14.5. The van der Waals surface area contributed by atoms with Gasteiger partial charge in [0.25, 0.3) is 0 Å². The number of nitrogens with one attached hydrogen (secondary N) is 1.